The second-order valence-corrected chi connectivity index (χ2v) is 16.1. The van der Waals surface area contributed by atoms with Crippen molar-refractivity contribution in [2.75, 3.05) is 0 Å². The number of fused-ring (bicyclic) bond motifs is 20. The molecule has 10 N–H and O–H groups in total. The molecule has 8 bridgehead atoms. The Morgan fingerprint density at radius 3 is 0.950 bits per heavy atom. The summed E-state index contributed by atoms with van der Waals surface area (Å²) in [6, 6.07) is 4.93. The molecule has 0 spiro atoms. The van der Waals surface area contributed by atoms with Crippen molar-refractivity contribution in [1.82, 2.24) is 39.9 Å². The lowest BCUT2D eigenvalue weighted by Crippen LogP contribution is -2.12. The number of amides is 4. The Hall–Kier alpha value is -5.56. The number of H-pyrrole nitrogens is 2. The van der Waals surface area contributed by atoms with E-state index in [-0.39, 0.29) is 152 Å². The summed E-state index contributed by atoms with van der Waals surface area (Å²) < 4.78 is 0. The van der Waals surface area contributed by atoms with Crippen molar-refractivity contribution in [3.05, 3.63) is 86.7 Å². The Balaban J connectivity index is 1.59. The Labute approximate surface area is 372 Å². The average molecular weight is 962 g/mol. The van der Waals surface area contributed by atoms with E-state index in [1.165, 1.54) is 24.3 Å². The van der Waals surface area contributed by atoms with Gasteiger partial charge in [0.05, 0.1) is 84.7 Å². The molecule has 60 heavy (non-hydrogen) atoms. The molecule has 0 aliphatic carbocycles. The standard InChI is InChI=1S/C36H14Cl8N12O4/c37-9-1-5(25(45)57)21(41)17-13(9)29-49-30-14-10(38)2-6(26(46)58)22(42)18(14)35(52-30)56-36-20-16(12(40)4-8(24(20)44)28(48)60)32(54-36)50-31-15-11(39)3-7(27(47)59)23(43)19(15)34(53-31)55-33(17)51-29/h1-4H,(H2,45,57)(H2,46,58)(H2,47,59)(H2,48,60)(H2,49,50,51,52,53,54,55,56). The number of primary amides is 4. The van der Waals surface area contributed by atoms with Crippen LogP contribution in [0.4, 0.5) is 0 Å². The van der Waals surface area contributed by atoms with Gasteiger partial charge in [-0.05, 0) is 24.3 Å². The Kier molecular flexibility index (Phi) is 9.31. The Morgan fingerprint density at radius 1 is 0.367 bits per heavy atom. The first kappa shape index (κ1) is 39.9. The summed E-state index contributed by atoms with van der Waals surface area (Å²) in [5.41, 5.74) is 21.9. The maximum absolute atomic E-state index is 12.6. The van der Waals surface area contributed by atoms with Gasteiger partial charge in [0, 0.05) is 21.5 Å². The minimum atomic E-state index is -0.927. The van der Waals surface area contributed by atoms with E-state index >= 15 is 0 Å². The van der Waals surface area contributed by atoms with Gasteiger partial charge in [0.1, 0.15) is 22.6 Å². The summed E-state index contributed by atoms with van der Waals surface area (Å²) in [6.07, 6.45) is 0. The predicted molar refractivity (Wildman–Crippen MR) is 230 cm³/mol. The predicted octanol–water partition coefficient (Wildman–Crippen LogP) is 8.49. The van der Waals surface area contributed by atoms with Gasteiger partial charge in [-0.3, -0.25) is 19.2 Å². The third kappa shape index (κ3) is 5.82. The third-order valence-corrected chi connectivity index (χ3v) is 12.3. The smallest absolute Gasteiger partial charge is 0.250 e. The molecule has 298 valence electrons. The summed E-state index contributed by atoms with van der Waals surface area (Å²) in [5, 5.41) is -0.735. The third-order valence-electron chi connectivity index (χ3n) is 9.53. The second kappa shape index (κ2) is 14.0. The molecule has 0 unspecified atom stereocenters. The van der Waals surface area contributed by atoms with E-state index in [1.54, 1.807) is 0 Å². The largest absolute Gasteiger partial charge is 0.366 e. The van der Waals surface area contributed by atoms with E-state index in [0.29, 0.717) is 0 Å². The molecule has 9 rings (SSSR count). The fraction of sp³-hybridized carbons (Fsp3) is 0. The van der Waals surface area contributed by atoms with Crippen molar-refractivity contribution < 1.29 is 19.2 Å². The van der Waals surface area contributed by atoms with Crippen molar-refractivity contribution in [3.8, 4) is 45.6 Å². The minimum Gasteiger partial charge on any atom is -0.366 e. The molecule has 4 aromatic carbocycles. The monoisotopic (exact) mass is 958 g/mol. The zero-order valence-electron chi connectivity index (χ0n) is 29.0. The fourth-order valence-corrected chi connectivity index (χ4v) is 9.45. The number of carbonyl (C=O) groups excluding carboxylic acids is 4. The Morgan fingerprint density at radius 2 is 0.633 bits per heavy atom. The number of hydrogen-bond acceptors (Lipinski definition) is 10. The summed E-state index contributed by atoms with van der Waals surface area (Å²) in [4.78, 5) is 84.8. The molecule has 24 heteroatoms. The SMILES string of the molecule is NC(=O)c1cc(Cl)c2c(c1Cl)-c1nc-2nc2[nH]c(nc3nc(nc4[nH]c(n1)c1c(Cl)c(C(N)=O)cc(Cl)c41)-c1c(Cl)cc(C(N)=O)c(Cl)c1-3)c1c(Cl)c(C(N)=O)cc(Cl)c21. The fourth-order valence-electron chi connectivity index (χ4n) is 6.97. The van der Waals surface area contributed by atoms with Crippen LogP contribution in [0.5, 0.6) is 0 Å². The summed E-state index contributed by atoms with van der Waals surface area (Å²) in [7, 11) is 0. The number of benzene rings is 4. The molecule has 0 atom stereocenters. The van der Waals surface area contributed by atoms with Crippen molar-refractivity contribution in [1.29, 1.82) is 0 Å². The molecule has 3 aromatic heterocycles. The van der Waals surface area contributed by atoms with E-state index in [9.17, 15) is 19.2 Å². The van der Waals surface area contributed by atoms with Crippen molar-refractivity contribution in [3.63, 3.8) is 0 Å². The van der Waals surface area contributed by atoms with E-state index < -0.39 is 23.6 Å². The highest BCUT2D eigenvalue weighted by atomic mass is 35.5. The zero-order chi connectivity index (χ0) is 43.0. The van der Waals surface area contributed by atoms with Crippen LogP contribution in [0.15, 0.2) is 24.3 Å². The van der Waals surface area contributed by atoms with Crippen molar-refractivity contribution >= 4 is 161 Å². The molecule has 5 heterocycles. The lowest BCUT2D eigenvalue weighted by Gasteiger charge is -2.08. The van der Waals surface area contributed by atoms with Gasteiger partial charge in [-0.25, -0.2) is 29.9 Å². The molecule has 2 aliphatic rings. The van der Waals surface area contributed by atoms with Crippen LogP contribution in [-0.2, 0) is 0 Å². The molecule has 0 saturated heterocycles. The normalized spacial score (nSPS) is 11.9. The molecule has 0 radical (unpaired) electrons. The number of aromatic amines is 2. The molecular weight excluding hydrogens is 948 g/mol. The van der Waals surface area contributed by atoms with Crippen LogP contribution < -0.4 is 22.9 Å². The number of nitrogens with two attached hydrogens (primary N) is 4. The molecule has 0 fully saturated rings. The first-order valence-electron chi connectivity index (χ1n) is 16.5. The van der Waals surface area contributed by atoms with Crippen LogP contribution in [-0.4, -0.2) is 63.5 Å². The van der Waals surface area contributed by atoms with E-state index in [0.717, 1.165) is 0 Å². The number of hydrogen-bond donors (Lipinski definition) is 6. The number of nitrogens with one attached hydrogen (secondary N) is 2. The maximum atomic E-state index is 12.6. The van der Waals surface area contributed by atoms with E-state index in [4.69, 9.17) is 136 Å². The number of aromatic nitrogens is 8. The van der Waals surface area contributed by atoms with Crippen LogP contribution in [0, 0.1) is 0 Å². The van der Waals surface area contributed by atoms with Crippen molar-refractivity contribution in [2.24, 2.45) is 22.9 Å². The van der Waals surface area contributed by atoms with Crippen LogP contribution in [0.3, 0.4) is 0 Å². The Bertz CT molecular complexity index is 3240. The van der Waals surface area contributed by atoms with Gasteiger partial charge in [-0.2, -0.15) is 0 Å². The molecular formula is C36H14Cl8N12O4. The highest BCUT2D eigenvalue weighted by Gasteiger charge is 2.32. The number of nitrogens with zero attached hydrogens (tertiary/aromatic N) is 6. The first-order chi connectivity index (χ1) is 28.4. The van der Waals surface area contributed by atoms with Gasteiger partial charge in [-0.1, -0.05) is 92.8 Å². The van der Waals surface area contributed by atoms with E-state index in [2.05, 4.69) is 19.9 Å². The zero-order valence-corrected chi connectivity index (χ0v) is 35.0. The topological polar surface area (TPSA) is 281 Å². The van der Waals surface area contributed by atoms with Crippen LogP contribution in [0.25, 0.3) is 89.7 Å². The average Bonchev–Trinajstić information content (AvgIpc) is 3.92. The quantitative estimate of drug-likeness (QED) is 0.0978. The van der Waals surface area contributed by atoms with Crippen LogP contribution in [0.2, 0.25) is 40.2 Å². The van der Waals surface area contributed by atoms with Gasteiger partial charge in [-0.15, -0.1) is 0 Å². The van der Waals surface area contributed by atoms with Gasteiger partial charge in [0.15, 0.2) is 23.3 Å². The number of carbonyl (C=O) groups is 4. The summed E-state index contributed by atoms with van der Waals surface area (Å²) in [5.74, 6) is -4.35. The number of rotatable bonds is 4. The number of halogens is 8. The summed E-state index contributed by atoms with van der Waals surface area (Å²) in [6.45, 7) is 0. The van der Waals surface area contributed by atoms with Crippen LogP contribution in [0.1, 0.15) is 41.4 Å². The first-order valence-corrected chi connectivity index (χ1v) is 19.5. The minimum absolute atomic E-state index is 0.0102. The lowest BCUT2D eigenvalue weighted by atomic mass is 10.0. The second-order valence-electron chi connectivity index (χ2n) is 12.9. The molecule has 16 nitrogen and oxygen atoms in total. The van der Waals surface area contributed by atoms with Crippen LogP contribution >= 0.6 is 92.8 Å². The highest BCUT2D eigenvalue weighted by molar-refractivity contribution is 6.47. The lowest BCUT2D eigenvalue weighted by molar-refractivity contribution is 0.0992. The van der Waals surface area contributed by atoms with Gasteiger partial charge < -0.3 is 32.9 Å². The summed E-state index contributed by atoms with van der Waals surface area (Å²) >= 11 is 54.7. The van der Waals surface area contributed by atoms with Gasteiger partial charge in [0.2, 0.25) is 23.6 Å². The van der Waals surface area contributed by atoms with Crippen molar-refractivity contribution in [2.45, 2.75) is 0 Å². The van der Waals surface area contributed by atoms with E-state index in [1.807, 2.05) is 0 Å². The molecule has 4 amide bonds. The molecule has 7 aromatic rings. The maximum Gasteiger partial charge on any atom is 0.250 e. The molecule has 2 aliphatic heterocycles. The van der Waals surface area contributed by atoms with Gasteiger partial charge >= 0.3 is 0 Å². The highest BCUT2D eigenvalue weighted by Crippen LogP contribution is 2.49. The molecule has 0 saturated carbocycles. The van der Waals surface area contributed by atoms with Gasteiger partial charge in [0.25, 0.3) is 0 Å².